The molecule has 0 amide bonds. The zero-order valence-corrected chi connectivity index (χ0v) is 12.0. The van der Waals surface area contributed by atoms with Crippen molar-refractivity contribution in [3.63, 3.8) is 0 Å². The van der Waals surface area contributed by atoms with Gasteiger partial charge in [-0.25, -0.2) is 14.4 Å². The zero-order chi connectivity index (χ0) is 14.3. The summed E-state index contributed by atoms with van der Waals surface area (Å²) in [5.41, 5.74) is 1.17. The highest BCUT2D eigenvalue weighted by atomic mass is 35.5. The van der Waals surface area contributed by atoms with E-state index in [1.165, 1.54) is 0 Å². The van der Waals surface area contributed by atoms with E-state index in [0.29, 0.717) is 16.1 Å². The Balaban J connectivity index is 2.33. The van der Waals surface area contributed by atoms with E-state index < -0.39 is 5.82 Å². The smallest absolute Gasteiger partial charge is 0.197 e. The van der Waals surface area contributed by atoms with Crippen molar-refractivity contribution in [3.05, 3.63) is 51.6 Å². The quantitative estimate of drug-likeness (QED) is 0.603. The second kappa shape index (κ2) is 5.13. The van der Waals surface area contributed by atoms with Gasteiger partial charge in [0.25, 0.3) is 0 Å². The molecule has 2 aromatic heterocycles. The van der Waals surface area contributed by atoms with Gasteiger partial charge in [-0.15, -0.1) is 0 Å². The molecule has 0 radical (unpaired) electrons. The van der Waals surface area contributed by atoms with Crippen molar-refractivity contribution >= 4 is 45.7 Å². The van der Waals surface area contributed by atoms with E-state index in [1.807, 2.05) is 6.07 Å². The largest absolute Gasteiger partial charge is 0.255 e. The van der Waals surface area contributed by atoms with Crippen LogP contribution in [0.3, 0.4) is 0 Å². The van der Waals surface area contributed by atoms with Crippen LogP contribution < -0.4 is 0 Å². The lowest BCUT2D eigenvalue weighted by Crippen LogP contribution is -1.96. The third-order valence-electron chi connectivity index (χ3n) is 2.73. The fraction of sp³-hybridized carbons (Fsp3) is 0. The standard InChI is InChI=1S/C13H5Cl3FN3/c14-8-4-3-7(10-6(8)2-1-5-18-10)13-19-11(15)9(17)12(16)20-13/h1-5H. The number of hydrogen-bond acceptors (Lipinski definition) is 3. The van der Waals surface area contributed by atoms with Gasteiger partial charge in [0.05, 0.1) is 10.5 Å². The minimum atomic E-state index is -0.844. The zero-order valence-electron chi connectivity index (χ0n) is 9.74. The fourth-order valence-electron chi connectivity index (χ4n) is 1.83. The van der Waals surface area contributed by atoms with Crippen molar-refractivity contribution in [1.29, 1.82) is 0 Å². The van der Waals surface area contributed by atoms with Crippen LogP contribution in [0.15, 0.2) is 30.5 Å². The molecule has 0 aliphatic heterocycles. The van der Waals surface area contributed by atoms with Gasteiger partial charge < -0.3 is 0 Å². The molecule has 3 aromatic rings. The molecule has 2 heterocycles. The summed E-state index contributed by atoms with van der Waals surface area (Å²) in [4.78, 5) is 12.0. The summed E-state index contributed by atoms with van der Waals surface area (Å²) in [6.45, 7) is 0. The number of rotatable bonds is 1. The van der Waals surface area contributed by atoms with E-state index in [1.54, 1.807) is 24.4 Å². The molecule has 0 fully saturated rings. The molecule has 20 heavy (non-hydrogen) atoms. The minimum absolute atomic E-state index is 0.196. The Labute approximate surface area is 128 Å². The Hall–Kier alpha value is -1.49. The summed E-state index contributed by atoms with van der Waals surface area (Å²) in [5.74, 6) is -0.648. The number of halogens is 4. The molecule has 0 atom stereocenters. The Morgan fingerprint density at radius 2 is 1.65 bits per heavy atom. The molecule has 3 rings (SSSR count). The molecular weight excluding hydrogens is 324 g/mol. The summed E-state index contributed by atoms with van der Waals surface area (Å²) >= 11 is 17.5. The summed E-state index contributed by atoms with van der Waals surface area (Å²) < 4.78 is 13.4. The molecule has 0 saturated heterocycles. The molecule has 0 N–H and O–H groups in total. The third kappa shape index (κ3) is 2.20. The van der Waals surface area contributed by atoms with Crippen LogP contribution in [0.1, 0.15) is 0 Å². The molecule has 1 aromatic carbocycles. The SMILES string of the molecule is Fc1c(Cl)nc(-c2ccc(Cl)c3cccnc23)nc1Cl. The van der Waals surface area contributed by atoms with Crippen LogP contribution in [0.25, 0.3) is 22.3 Å². The van der Waals surface area contributed by atoms with E-state index in [2.05, 4.69) is 15.0 Å². The molecule has 0 saturated carbocycles. The predicted octanol–water partition coefficient (Wildman–Crippen LogP) is 4.79. The van der Waals surface area contributed by atoms with Gasteiger partial charge in [-0.3, -0.25) is 4.98 Å². The summed E-state index contributed by atoms with van der Waals surface area (Å²) in [5, 5.41) is 0.626. The van der Waals surface area contributed by atoms with Crippen LogP contribution in [0.4, 0.5) is 4.39 Å². The first-order valence-corrected chi connectivity index (χ1v) is 6.63. The Morgan fingerprint density at radius 3 is 2.35 bits per heavy atom. The molecule has 7 heteroatoms. The number of nitrogens with zero attached hydrogens (tertiary/aromatic N) is 3. The van der Waals surface area contributed by atoms with Gasteiger partial charge in [0.15, 0.2) is 21.9 Å². The maximum Gasteiger partial charge on any atom is 0.197 e. The lowest BCUT2D eigenvalue weighted by atomic mass is 10.1. The van der Waals surface area contributed by atoms with Crippen LogP contribution in [0.2, 0.25) is 15.3 Å². The van der Waals surface area contributed by atoms with E-state index >= 15 is 0 Å². The van der Waals surface area contributed by atoms with Crippen molar-refractivity contribution < 1.29 is 4.39 Å². The molecule has 0 bridgehead atoms. The maximum atomic E-state index is 13.4. The number of aromatic nitrogens is 3. The number of hydrogen-bond donors (Lipinski definition) is 0. The monoisotopic (exact) mass is 327 g/mol. The predicted molar refractivity (Wildman–Crippen MR) is 77.8 cm³/mol. The highest BCUT2D eigenvalue weighted by molar-refractivity contribution is 6.36. The van der Waals surface area contributed by atoms with Crippen LogP contribution >= 0.6 is 34.8 Å². The number of benzene rings is 1. The third-order valence-corrected chi connectivity index (χ3v) is 3.56. The van der Waals surface area contributed by atoms with Gasteiger partial charge in [-0.05, 0) is 24.3 Å². The first kappa shape index (κ1) is 13.5. The lowest BCUT2D eigenvalue weighted by Gasteiger charge is -2.07. The Morgan fingerprint density at radius 1 is 0.950 bits per heavy atom. The van der Waals surface area contributed by atoms with Gasteiger partial charge >= 0.3 is 0 Å². The molecule has 3 nitrogen and oxygen atoms in total. The highest BCUT2D eigenvalue weighted by Crippen LogP contribution is 2.31. The second-order valence-electron chi connectivity index (χ2n) is 3.94. The molecule has 0 unspecified atom stereocenters. The maximum absolute atomic E-state index is 13.4. The van der Waals surface area contributed by atoms with E-state index in [9.17, 15) is 4.39 Å². The topological polar surface area (TPSA) is 38.7 Å². The van der Waals surface area contributed by atoms with Crippen LogP contribution in [0, 0.1) is 5.82 Å². The van der Waals surface area contributed by atoms with Crippen molar-refractivity contribution in [2.75, 3.05) is 0 Å². The van der Waals surface area contributed by atoms with E-state index in [4.69, 9.17) is 34.8 Å². The van der Waals surface area contributed by atoms with Crippen LogP contribution in [-0.2, 0) is 0 Å². The average molecular weight is 329 g/mol. The van der Waals surface area contributed by atoms with Gasteiger partial charge in [0, 0.05) is 17.1 Å². The van der Waals surface area contributed by atoms with E-state index in [-0.39, 0.29) is 16.1 Å². The minimum Gasteiger partial charge on any atom is -0.255 e. The van der Waals surface area contributed by atoms with Crippen molar-refractivity contribution in [2.24, 2.45) is 0 Å². The first-order valence-electron chi connectivity index (χ1n) is 5.50. The van der Waals surface area contributed by atoms with Crippen molar-refractivity contribution in [2.45, 2.75) is 0 Å². The molecular formula is C13H5Cl3FN3. The second-order valence-corrected chi connectivity index (χ2v) is 5.06. The summed E-state index contributed by atoms with van der Waals surface area (Å²) in [7, 11) is 0. The normalized spacial score (nSPS) is 11.0. The van der Waals surface area contributed by atoms with Crippen LogP contribution in [0.5, 0.6) is 0 Å². The first-order chi connectivity index (χ1) is 9.58. The van der Waals surface area contributed by atoms with Gasteiger partial charge in [0.1, 0.15) is 0 Å². The molecule has 100 valence electrons. The van der Waals surface area contributed by atoms with Crippen molar-refractivity contribution in [1.82, 2.24) is 15.0 Å². The summed E-state index contributed by atoms with van der Waals surface area (Å²) in [6, 6.07) is 6.97. The fourth-order valence-corrected chi connectivity index (χ4v) is 2.44. The van der Waals surface area contributed by atoms with Crippen molar-refractivity contribution in [3.8, 4) is 11.4 Å². The van der Waals surface area contributed by atoms with E-state index in [0.717, 1.165) is 5.39 Å². The highest BCUT2D eigenvalue weighted by Gasteiger charge is 2.15. The number of fused-ring (bicyclic) bond motifs is 1. The van der Waals surface area contributed by atoms with Gasteiger partial charge in [-0.1, -0.05) is 34.8 Å². The van der Waals surface area contributed by atoms with Crippen LogP contribution in [-0.4, -0.2) is 15.0 Å². The molecule has 0 aliphatic carbocycles. The van der Waals surface area contributed by atoms with Gasteiger partial charge in [-0.2, -0.15) is 0 Å². The summed E-state index contributed by atoms with van der Waals surface area (Å²) in [6.07, 6.45) is 1.62. The Bertz CT molecular complexity index is 800. The lowest BCUT2D eigenvalue weighted by molar-refractivity contribution is 0.615. The van der Waals surface area contributed by atoms with Gasteiger partial charge in [0.2, 0.25) is 0 Å². The molecule has 0 spiro atoms. The Kier molecular flexibility index (Phi) is 3.46. The molecule has 0 aliphatic rings. The average Bonchev–Trinajstić information content (AvgIpc) is 2.45. The number of pyridine rings is 1.